The van der Waals surface area contributed by atoms with Crippen LogP contribution in [-0.4, -0.2) is 73.4 Å². The van der Waals surface area contributed by atoms with Crippen LogP contribution in [0, 0.1) is 0 Å². The lowest BCUT2D eigenvalue weighted by atomic mass is 10.0. The highest BCUT2D eigenvalue weighted by molar-refractivity contribution is 7.47. The molecule has 9 heteroatoms. The molecule has 78 heavy (non-hydrogen) atoms. The first kappa shape index (κ1) is 77.0. The molecule has 0 fully saturated rings. The third-order valence-electron chi connectivity index (χ3n) is 16.2. The molecule has 0 aromatic rings. The standard InChI is InChI=1S/C69H137N2O6P/c1-6-8-10-12-14-16-18-20-22-24-26-27-28-29-30-31-32-33-34-35-36-37-38-39-40-41-42-43-45-47-49-51-53-55-57-59-61-63-69(73)70-67(66-77-78(74,75)76-65-64-71(3,4)5)68(72)62-60-58-56-54-52-50-48-46-44-25-23-21-19-17-15-13-11-9-7-2/h24,26,60,62,67-68,72H,6-23,25,27-59,61,63-66H2,1-5H3,(H-,70,73,74,75)/p+1/b26-24-,62-60+. The Kier molecular flexibility index (Phi) is 59.8. The molecule has 0 radical (unpaired) electrons. The van der Waals surface area contributed by atoms with E-state index in [1.165, 1.54) is 308 Å². The first-order valence-corrected chi connectivity index (χ1v) is 36.2. The normalized spacial score (nSPS) is 13.8. The van der Waals surface area contributed by atoms with Crippen molar-refractivity contribution in [2.75, 3.05) is 40.9 Å². The van der Waals surface area contributed by atoms with Crippen LogP contribution in [-0.2, 0) is 18.4 Å². The zero-order valence-electron chi connectivity index (χ0n) is 53.2. The van der Waals surface area contributed by atoms with Gasteiger partial charge in [-0.3, -0.25) is 13.8 Å². The number of hydrogen-bond donors (Lipinski definition) is 3. The molecule has 3 atom stereocenters. The minimum Gasteiger partial charge on any atom is -0.387 e. The van der Waals surface area contributed by atoms with Gasteiger partial charge in [-0.2, -0.15) is 0 Å². The van der Waals surface area contributed by atoms with Gasteiger partial charge in [-0.15, -0.1) is 0 Å². The summed E-state index contributed by atoms with van der Waals surface area (Å²) < 4.78 is 23.8. The molecule has 0 aromatic carbocycles. The Hall–Kier alpha value is -1.02. The second-order valence-corrected chi connectivity index (χ2v) is 26.7. The van der Waals surface area contributed by atoms with E-state index in [1.807, 2.05) is 27.2 Å². The number of nitrogens with one attached hydrogen (secondary N) is 1. The van der Waals surface area contributed by atoms with Crippen LogP contribution < -0.4 is 5.32 Å². The number of unbranched alkanes of at least 4 members (excludes halogenated alkanes) is 50. The molecule has 3 N–H and O–H groups in total. The van der Waals surface area contributed by atoms with Gasteiger partial charge in [0.25, 0.3) is 0 Å². The van der Waals surface area contributed by atoms with E-state index in [2.05, 4.69) is 31.3 Å². The number of hydrogen-bond acceptors (Lipinski definition) is 5. The summed E-state index contributed by atoms with van der Waals surface area (Å²) in [5.74, 6) is -0.169. The molecule has 0 saturated heterocycles. The van der Waals surface area contributed by atoms with Crippen molar-refractivity contribution in [1.29, 1.82) is 0 Å². The summed E-state index contributed by atoms with van der Waals surface area (Å²) in [5.41, 5.74) is 0. The number of nitrogens with zero attached hydrogens (tertiary/aromatic N) is 1. The fourth-order valence-corrected chi connectivity index (χ4v) is 11.5. The summed E-state index contributed by atoms with van der Waals surface area (Å²) in [4.78, 5) is 23.4. The molecule has 0 heterocycles. The molecule has 0 aliphatic rings. The topological polar surface area (TPSA) is 105 Å². The van der Waals surface area contributed by atoms with Gasteiger partial charge in [0.2, 0.25) is 5.91 Å². The predicted octanol–water partition coefficient (Wildman–Crippen LogP) is 21.9. The first-order chi connectivity index (χ1) is 38.0. The van der Waals surface area contributed by atoms with Crippen LogP contribution in [0.1, 0.15) is 361 Å². The molecule has 8 nitrogen and oxygen atoms in total. The minimum atomic E-state index is -4.35. The average Bonchev–Trinajstić information content (AvgIpc) is 3.41. The maximum Gasteiger partial charge on any atom is 0.472 e. The molecule has 3 unspecified atom stereocenters. The van der Waals surface area contributed by atoms with Crippen molar-refractivity contribution in [3.63, 3.8) is 0 Å². The second kappa shape index (κ2) is 60.6. The summed E-state index contributed by atoms with van der Waals surface area (Å²) in [5, 5.41) is 14.0. The SMILES string of the molecule is CCCCCCCCCC/C=C\CCCCCCCCCCCCCCCCCCCCCCCCCCCC(=O)NC(COP(=O)(O)OCC[N+](C)(C)C)C(O)/C=C/CCCCCCCCCCCCCCCCCCC. The summed E-state index contributed by atoms with van der Waals surface area (Å²) >= 11 is 0. The van der Waals surface area contributed by atoms with Gasteiger partial charge >= 0.3 is 7.82 Å². The summed E-state index contributed by atoms with van der Waals surface area (Å²) in [6.07, 6.45) is 79.0. The van der Waals surface area contributed by atoms with Crippen molar-refractivity contribution < 1.29 is 32.9 Å². The van der Waals surface area contributed by atoms with Crippen molar-refractivity contribution in [1.82, 2.24) is 5.32 Å². The van der Waals surface area contributed by atoms with E-state index in [4.69, 9.17) is 9.05 Å². The number of rotatable bonds is 65. The number of phosphoric acid groups is 1. The van der Waals surface area contributed by atoms with Crippen LogP contribution in [0.3, 0.4) is 0 Å². The predicted molar refractivity (Wildman–Crippen MR) is 342 cm³/mol. The minimum absolute atomic E-state index is 0.0646. The molecule has 464 valence electrons. The number of allylic oxidation sites excluding steroid dienone is 3. The maximum atomic E-state index is 13.0. The van der Waals surface area contributed by atoms with E-state index in [0.29, 0.717) is 17.4 Å². The van der Waals surface area contributed by atoms with Gasteiger partial charge in [0.1, 0.15) is 13.2 Å². The summed E-state index contributed by atoms with van der Waals surface area (Å²) in [6, 6.07) is -0.844. The van der Waals surface area contributed by atoms with Gasteiger partial charge in [-0.25, -0.2) is 4.57 Å². The monoisotopic (exact) mass is 1120 g/mol. The van der Waals surface area contributed by atoms with Crippen LogP contribution in [0.25, 0.3) is 0 Å². The van der Waals surface area contributed by atoms with Crippen LogP contribution in [0.4, 0.5) is 0 Å². The van der Waals surface area contributed by atoms with Crippen molar-refractivity contribution >= 4 is 13.7 Å². The molecule has 0 spiro atoms. The van der Waals surface area contributed by atoms with Gasteiger partial charge < -0.3 is 19.8 Å². The molecule has 0 bridgehead atoms. The van der Waals surface area contributed by atoms with Crippen LogP contribution in [0.15, 0.2) is 24.3 Å². The van der Waals surface area contributed by atoms with E-state index in [9.17, 15) is 19.4 Å². The summed E-state index contributed by atoms with van der Waals surface area (Å²) in [6.45, 7) is 4.87. The van der Waals surface area contributed by atoms with Crippen molar-refractivity contribution in [3.8, 4) is 0 Å². The fourth-order valence-electron chi connectivity index (χ4n) is 10.7. The lowest BCUT2D eigenvalue weighted by Crippen LogP contribution is -2.45. The Morgan fingerprint density at radius 3 is 0.987 bits per heavy atom. The second-order valence-electron chi connectivity index (χ2n) is 25.3. The third kappa shape index (κ3) is 62.6. The Labute approximate surface area is 487 Å². The number of carbonyl (C=O) groups is 1. The molecule has 0 aliphatic heterocycles. The van der Waals surface area contributed by atoms with Crippen molar-refractivity contribution in [2.45, 2.75) is 373 Å². The average molecular weight is 1120 g/mol. The van der Waals surface area contributed by atoms with Gasteiger partial charge in [-0.1, -0.05) is 334 Å². The first-order valence-electron chi connectivity index (χ1n) is 34.7. The lowest BCUT2D eigenvalue weighted by molar-refractivity contribution is -0.870. The molecule has 0 saturated carbocycles. The quantitative estimate of drug-likeness (QED) is 0.0243. The molecule has 0 aromatic heterocycles. The Balaban J connectivity index is 3.94. The van der Waals surface area contributed by atoms with Gasteiger partial charge in [0.15, 0.2) is 0 Å². The van der Waals surface area contributed by atoms with Crippen LogP contribution >= 0.6 is 7.82 Å². The number of likely N-dealkylation sites (N-methyl/N-ethyl adjacent to an activating group) is 1. The number of carbonyl (C=O) groups excluding carboxylic acids is 1. The Bertz CT molecular complexity index is 1320. The highest BCUT2D eigenvalue weighted by atomic mass is 31.2. The van der Waals surface area contributed by atoms with Crippen LogP contribution in [0.2, 0.25) is 0 Å². The molecular formula is C69H138N2O6P+. The van der Waals surface area contributed by atoms with Gasteiger partial charge in [0, 0.05) is 6.42 Å². The zero-order valence-corrected chi connectivity index (χ0v) is 54.1. The van der Waals surface area contributed by atoms with Gasteiger partial charge in [0.05, 0.1) is 39.9 Å². The molecular weight excluding hydrogens is 984 g/mol. The Morgan fingerprint density at radius 1 is 0.423 bits per heavy atom. The number of aliphatic hydroxyl groups is 1. The molecule has 1 amide bonds. The maximum absolute atomic E-state index is 13.0. The van der Waals surface area contributed by atoms with E-state index in [-0.39, 0.29) is 19.1 Å². The highest BCUT2D eigenvalue weighted by Crippen LogP contribution is 2.43. The fraction of sp³-hybridized carbons (Fsp3) is 0.928. The third-order valence-corrected chi connectivity index (χ3v) is 17.1. The highest BCUT2D eigenvalue weighted by Gasteiger charge is 2.28. The number of quaternary nitrogens is 1. The molecule has 0 rings (SSSR count). The number of amides is 1. The Morgan fingerprint density at radius 2 is 0.692 bits per heavy atom. The van der Waals surface area contributed by atoms with E-state index >= 15 is 0 Å². The number of phosphoric ester groups is 1. The zero-order chi connectivity index (χ0) is 57.0. The van der Waals surface area contributed by atoms with Crippen molar-refractivity contribution in [3.05, 3.63) is 24.3 Å². The van der Waals surface area contributed by atoms with Crippen LogP contribution in [0.5, 0.6) is 0 Å². The van der Waals surface area contributed by atoms with E-state index in [1.54, 1.807) is 6.08 Å². The lowest BCUT2D eigenvalue weighted by Gasteiger charge is -2.25. The molecule has 0 aliphatic carbocycles. The summed E-state index contributed by atoms with van der Waals surface area (Å²) in [7, 11) is 1.59. The largest absolute Gasteiger partial charge is 0.472 e. The van der Waals surface area contributed by atoms with E-state index < -0.39 is 20.0 Å². The van der Waals surface area contributed by atoms with Gasteiger partial charge in [-0.05, 0) is 44.9 Å². The smallest absolute Gasteiger partial charge is 0.387 e. The van der Waals surface area contributed by atoms with E-state index in [0.717, 1.165) is 32.1 Å². The van der Waals surface area contributed by atoms with Crippen molar-refractivity contribution in [2.24, 2.45) is 0 Å². The number of aliphatic hydroxyl groups excluding tert-OH is 1.